The minimum Gasteiger partial charge on any atom is -0.468 e. The van der Waals surface area contributed by atoms with Crippen LogP contribution in [-0.2, 0) is 9.53 Å². The van der Waals surface area contributed by atoms with Gasteiger partial charge in [-0.3, -0.25) is 0 Å². The van der Waals surface area contributed by atoms with Crippen molar-refractivity contribution in [3.8, 4) is 0 Å². The largest absolute Gasteiger partial charge is 0.468 e. The van der Waals surface area contributed by atoms with Crippen molar-refractivity contribution in [1.82, 2.24) is 5.32 Å². The zero-order chi connectivity index (χ0) is 13.1. The smallest absolute Gasteiger partial charge is 0.327 e. The van der Waals surface area contributed by atoms with Crippen molar-refractivity contribution in [3.63, 3.8) is 0 Å². The molecule has 0 bridgehead atoms. The van der Waals surface area contributed by atoms with Gasteiger partial charge in [-0.2, -0.15) is 0 Å². The van der Waals surface area contributed by atoms with Gasteiger partial charge in [-0.1, -0.05) is 23.2 Å². The molecule has 3 nitrogen and oxygen atoms in total. The van der Waals surface area contributed by atoms with E-state index < -0.39 is 6.04 Å². The molecule has 18 heavy (non-hydrogen) atoms. The lowest BCUT2D eigenvalue weighted by atomic mass is 10.1. The van der Waals surface area contributed by atoms with E-state index >= 15 is 0 Å². The van der Waals surface area contributed by atoms with E-state index in [1.54, 1.807) is 18.2 Å². The van der Waals surface area contributed by atoms with Crippen LogP contribution in [0.2, 0.25) is 10.0 Å². The average molecular weight is 288 g/mol. The molecule has 0 amide bonds. The lowest BCUT2D eigenvalue weighted by Crippen LogP contribution is -2.31. The third-order valence-corrected chi connectivity index (χ3v) is 3.40. The molecular formula is C13H15Cl2NO2. The first-order chi connectivity index (χ1) is 8.60. The minimum absolute atomic E-state index is 0.325. The van der Waals surface area contributed by atoms with Crippen molar-refractivity contribution < 1.29 is 9.53 Å². The molecule has 1 aromatic carbocycles. The molecule has 1 aliphatic rings. The number of hydrogen-bond donors (Lipinski definition) is 1. The lowest BCUT2D eigenvalue weighted by molar-refractivity contribution is -0.143. The standard InChI is InChI=1S/C13H15Cl2NO2/c1-18-13(17)12(16-7-8-2-3-8)9-4-10(14)6-11(15)5-9/h4-6,8,12,16H,2-3,7H2,1H3. The fraction of sp³-hybridized carbons (Fsp3) is 0.462. The Labute approximate surface area is 116 Å². The maximum atomic E-state index is 11.8. The summed E-state index contributed by atoms with van der Waals surface area (Å²) in [4.78, 5) is 11.8. The quantitative estimate of drug-likeness (QED) is 0.845. The molecule has 98 valence electrons. The van der Waals surface area contributed by atoms with Crippen LogP contribution in [0.15, 0.2) is 18.2 Å². The number of benzene rings is 1. The molecule has 1 atom stereocenters. The number of nitrogens with one attached hydrogen (secondary N) is 1. The summed E-state index contributed by atoms with van der Waals surface area (Å²) in [6.45, 7) is 0.809. The maximum absolute atomic E-state index is 11.8. The molecule has 1 saturated carbocycles. The van der Waals surface area contributed by atoms with Crippen LogP contribution in [0.25, 0.3) is 0 Å². The summed E-state index contributed by atoms with van der Waals surface area (Å²) in [6, 6.07) is 4.60. The van der Waals surface area contributed by atoms with Crippen LogP contribution in [0, 0.1) is 5.92 Å². The molecule has 0 aliphatic heterocycles. The molecule has 0 saturated heterocycles. The summed E-state index contributed by atoms with van der Waals surface area (Å²) in [7, 11) is 1.38. The monoisotopic (exact) mass is 287 g/mol. The molecule has 1 aromatic rings. The van der Waals surface area contributed by atoms with Gasteiger partial charge in [0.1, 0.15) is 6.04 Å². The number of halogens is 2. The summed E-state index contributed by atoms with van der Waals surface area (Å²) in [6.07, 6.45) is 2.44. The van der Waals surface area contributed by atoms with Gasteiger partial charge in [0, 0.05) is 10.0 Å². The van der Waals surface area contributed by atoms with Crippen LogP contribution in [0.1, 0.15) is 24.4 Å². The van der Waals surface area contributed by atoms with E-state index in [0.29, 0.717) is 16.0 Å². The molecule has 0 spiro atoms. The molecule has 0 heterocycles. The maximum Gasteiger partial charge on any atom is 0.327 e. The van der Waals surface area contributed by atoms with Crippen molar-refractivity contribution in [2.24, 2.45) is 5.92 Å². The molecule has 1 unspecified atom stereocenters. The highest BCUT2D eigenvalue weighted by Crippen LogP contribution is 2.29. The van der Waals surface area contributed by atoms with E-state index in [0.717, 1.165) is 12.1 Å². The third-order valence-electron chi connectivity index (χ3n) is 2.96. The highest BCUT2D eigenvalue weighted by molar-refractivity contribution is 6.34. The topological polar surface area (TPSA) is 38.3 Å². The predicted octanol–water partition coefficient (Wildman–Crippen LogP) is 3.21. The van der Waals surface area contributed by atoms with E-state index in [1.807, 2.05) is 0 Å². The fourth-order valence-electron chi connectivity index (χ4n) is 1.80. The van der Waals surface area contributed by atoms with Gasteiger partial charge in [0.2, 0.25) is 0 Å². The second-order valence-electron chi connectivity index (χ2n) is 4.51. The minimum atomic E-state index is -0.508. The number of carbonyl (C=O) groups excluding carboxylic acids is 1. The molecule has 2 rings (SSSR count). The SMILES string of the molecule is COC(=O)C(NCC1CC1)c1cc(Cl)cc(Cl)c1. The van der Waals surface area contributed by atoms with Gasteiger partial charge in [0.15, 0.2) is 0 Å². The normalized spacial score (nSPS) is 16.4. The predicted molar refractivity (Wildman–Crippen MR) is 71.9 cm³/mol. The Bertz CT molecular complexity index is 426. The van der Waals surface area contributed by atoms with Gasteiger partial charge in [-0.05, 0) is 49.1 Å². The second-order valence-corrected chi connectivity index (χ2v) is 5.38. The summed E-state index contributed by atoms with van der Waals surface area (Å²) in [5.74, 6) is 0.348. The molecule has 0 aromatic heterocycles. The Kier molecular flexibility index (Phi) is 4.49. The summed E-state index contributed by atoms with van der Waals surface area (Å²) < 4.78 is 4.81. The van der Waals surface area contributed by atoms with Crippen LogP contribution in [-0.4, -0.2) is 19.6 Å². The molecule has 1 aliphatic carbocycles. The second kappa shape index (κ2) is 5.91. The van der Waals surface area contributed by atoms with E-state index in [9.17, 15) is 4.79 Å². The van der Waals surface area contributed by atoms with E-state index in [2.05, 4.69) is 5.32 Å². The van der Waals surface area contributed by atoms with Crippen LogP contribution in [0.5, 0.6) is 0 Å². The number of ether oxygens (including phenoxy) is 1. The average Bonchev–Trinajstić information content (AvgIpc) is 3.11. The summed E-state index contributed by atoms with van der Waals surface area (Å²) in [5.41, 5.74) is 0.736. The van der Waals surface area contributed by atoms with Crippen molar-refractivity contribution >= 4 is 29.2 Å². The lowest BCUT2D eigenvalue weighted by Gasteiger charge is -2.17. The first kappa shape index (κ1) is 13.7. The molecule has 1 N–H and O–H groups in total. The summed E-state index contributed by atoms with van der Waals surface area (Å²) in [5, 5.41) is 4.24. The van der Waals surface area contributed by atoms with Gasteiger partial charge in [-0.15, -0.1) is 0 Å². The van der Waals surface area contributed by atoms with Crippen molar-refractivity contribution in [1.29, 1.82) is 0 Å². The highest BCUT2D eigenvalue weighted by atomic mass is 35.5. The number of esters is 1. The van der Waals surface area contributed by atoms with Crippen molar-refractivity contribution in [2.45, 2.75) is 18.9 Å². The van der Waals surface area contributed by atoms with Crippen LogP contribution < -0.4 is 5.32 Å². The third kappa shape index (κ3) is 3.61. The zero-order valence-electron chi connectivity index (χ0n) is 10.1. The molecule has 5 heteroatoms. The van der Waals surface area contributed by atoms with E-state index in [1.165, 1.54) is 20.0 Å². The molecular weight excluding hydrogens is 273 g/mol. The zero-order valence-corrected chi connectivity index (χ0v) is 11.6. The fourth-order valence-corrected chi connectivity index (χ4v) is 2.35. The van der Waals surface area contributed by atoms with Crippen LogP contribution in [0.3, 0.4) is 0 Å². The Balaban J connectivity index is 2.16. The van der Waals surface area contributed by atoms with Gasteiger partial charge >= 0.3 is 5.97 Å². The number of rotatable bonds is 5. The van der Waals surface area contributed by atoms with Gasteiger partial charge in [0.05, 0.1) is 7.11 Å². The number of methoxy groups -OCH3 is 1. The Morgan fingerprint density at radius 1 is 1.39 bits per heavy atom. The first-order valence-corrected chi connectivity index (χ1v) is 6.63. The van der Waals surface area contributed by atoms with Gasteiger partial charge in [0.25, 0.3) is 0 Å². The van der Waals surface area contributed by atoms with Crippen molar-refractivity contribution in [2.75, 3.05) is 13.7 Å². The van der Waals surface area contributed by atoms with E-state index in [4.69, 9.17) is 27.9 Å². The van der Waals surface area contributed by atoms with Gasteiger partial charge < -0.3 is 10.1 Å². The Morgan fingerprint density at radius 2 is 2.00 bits per heavy atom. The highest BCUT2D eigenvalue weighted by Gasteiger charge is 2.26. The van der Waals surface area contributed by atoms with Crippen LogP contribution >= 0.6 is 23.2 Å². The molecule has 0 radical (unpaired) electrons. The molecule has 1 fully saturated rings. The van der Waals surface area contributed by atoms with E-state index in [-0.39, 0.29) is 5.97 Å². The van der Waals surface area contributed by atoms with Crippen molar-refractivity contribution in [3.05, 3.63) is 33.8 Å². The summed E-state index contributed by atoms with van der Waals surface area (Å²) >= 11 is 11.9. The van der Waals surface area contributed by atoms with Crippen LogP contribution in [0.4, 0.5) is 0 Å². The first-order valence-electron chi connectivity index (χ1n) is 5.87. The number of carbonyl (C=O) groups is 1. The van der Waals surface area contributed by atoms with Gasteiger partial charge in [-0.25, -0.2) is 4.79 Å². The Morgan fingerprint density at radius 3 is 2.50 bits per heavy atom. The Hall–Kier alpha value is -0.770. The number of hydrogen-bond acceptors (Lipinski definition) is 3.